The molecule has 0 amide bonds. The second-order valence-electron chi connectivity index (χ2n) is 5.06. The second-order valence-corrected chi connectivity index (χ2v) is 5.06. The van der Waals surface area contributed by atoms with Crippen LogP contribution in [0.25, 0.3) is 0 Å². The molecule has 0 radical (unpaired) electrons. The molecular weight excluding hydrogens is 234 g/mol. The molecule has 3 nitrogen and oxygen atoms in total. The van der Waals surface area contributed by atoms with Crippen LogP contribution in [0, 0.1) is 6.92 Å². The Bertz CT molecular complexity index is 532. The highest BCUT2D eigenvalue weighted by atomic mass is 15.2. The van der Waals surface area contributed by atoms with Crippen molar-refractivity contribution < 1.29 is 0 Å². The van der Waals surface area contributed by atoms with Crippen LogP contribution in [0.3, 0.4) is 0 Å². The molecule has 1 atom stereocenters. The van der Waals surface area contributed by atoms with E-state index < -0.39 is 0 Å². The number of hydrogen-bond donors (Lipinski definition) is 1. The van der Waals surface area contributed by atoms with Gasteiger partial charge in [-0.1, -0.05) is 23.8 Å². The Morgan fingerprint density at radius 3 is 2.53 bits per heavy atom. The fourth-order valence-corrected chi connectivity index (χ4v) is 2.13. The van der Waals surface area contributed by atoms with Crippen molar-refractivity contribution in [2.45, 2.75) is 26.3 Å². The molecular formula is C16H21N3. The molecule has 1 heterocycles. The van der Waals surface area contributed by atoms with Crippen LogP contribution in [0.1, 0.15) is 18.1 Å². The Morgan fingerprint density at radius 1 is 1.21 bits per heavy atom. The summed E-state index contributed by atoms with van der Waals surface area (Å²) in [7, 11) is 2.04. The molecule has 1 aromatic carbocycles. The van der Waals surface area contributed by atoms with E-state index in [9.17, 15) is 0 Å². The Morgan fingerprint density at radius 2 is 1.89 bits per heavy atom. The van der Waals surface area contributed by atoms with Crippen LogP contribution in [0.15, 0.2) is 42.6 Å². The Labute approximate surface area is 115 Å². The molecule has 2 N–H and O–H groups in total. The van der Waals surface area contributed by atoms with Crippen molar-refractivity contribution in [2.24, 2.45) is 5.73 Å². The number of nitrogens with two attached hydrogens (primary N) is 1. The van der Waals surface area contributed by atoms with Crippen LogP contribution in [-0.2, 0) is 6.42 Å². The first-order chi connectivity index (χ1) is 9.08. The molecule has 2 aromatic rings. The molecule has 0 aliphatic carbocycles. The number of hydrogen-bond acceptors (Lipinski definition) is 3. The summed E-state index contributed by atoms with van der Waals surface area (Å²) >= 11 is 0. The number of nitrogens with zero attached hydrogens (tertiary/aromatic N) is 2. The van der Waals surface area contributed by atoms with Crippen molar-refractivity contribution >= 4 is 11.5 Å². The third-order valence-electron chi connectivity index (χ3n) is 3.15. The Balaban J connectivity index is 2.32. The minimum Gasteiger partial charge on any atom is -0.329 e. The molecule has 2 rings (SSSR count). The summed E-state index contributed by atoms with van der Waals surface area (Å²) in [6, 6.07) is 12.6. The lowest BCUT2D eigenvalue weighted by molar-refractivity contribution is 0.735. The summed E-state index contributed by atoms with van der Waals surface area (Å²) < 4.78 is 0. The van der Waals surface area contributed by atoms with Crippen molar-refractivity contribution in [1.29, 1.82) is 0 Å². The number of aryl methyl sites for hydroxylation is 1. The van der Waals surface area contributed by atoms with E-state index in [1.165, 1.54) is 11.1 Å². The minimum absolute atomic E-state index is 0.134. The number of benzene rings is 1. The van der Waals surface area contributed by atoms with Gasteiger partial charge in [-0.3, -0.25) is 0 Å². The average molecular weight is 255 g/mol. The molecule has 0 saturated heterocycles. The predicted octanol–water partition coefficient (Wildman–Crippen LogP) is 3.05. The lowest BCUT2D eigenvalue weighted by Gasteiger charge is -2.22. The molecule has 0 fully saturated rings. The highest BCUT2D eigenvalue weighted by molar-refractivity contribution is 5.62. The van der Waals surface area contributed by atoms with Crippen molar-refractivity contribution in [3.8, 4) is 0 Å². The van der Waals surface area contributed by atoms with E-state index >= 15 is 0 Å². The van der Waals surface area contributed by atoms with Crippen LogP contribution in [0.4, 0.5) is 11.5 Å². The first kappa shape index (κ1) is 13.6. The zero-order chi connectivity index (χ0) is 13.8. The molecule has 1 unspecified atom stereocenters. The minimum atomic E-state index is 0.134. The van der Waals surface area contributed by atoms with Crippen LogP contribution in [-0.4, -0.2) is 18.1 Å². The van der Waals surface area contributed by atoms with E-state index in [2.05, 4.69) is 47.1 Å². The van der Waals surface area contributed by atoms with E-state index in [-0.39, 0.29) is 6.04 Å². The van der Waals surface area contributed by atoms with Gasteiger partial charge in [-0.05, 0) is 44.0 Å². The maximum atomic E-state index is 5.91. The first-order valence-electron chi connectivity index (χ1n) is 6.58. The number of anilines is 2. The van der Waals surface area contributed by atoms with Gasteiger partial charge in [0.1, 0.15) is 5.82 Å². The molecule has 19 heavy (non-hydrogen) atoms. The van der Waals surface area contributed by atoms with Crippen LogP contribution in [0.5, 0.6) is 0 Å². The third kappa shape index (κ3) is 3.32. The lowest BCUT2D eigenvalue weighted by Crippen LogP contribution is -2.21. The van der Waals surface area contributed by atoms with Crippen LogP contribution in [0.2, 0.25) is 0 Å². The highest BCUT2D eigenvalue weighted by Gasteiger charge is 2.11. The predicted molar refractivity (Wildman–Crippen MR) is 80.8 cm³/mol. The van der Waals surface area contributed by atoms with Gasteiger partial charge >= 0.3 is 0 Å². The lowest BCUT2D eigenvalue weighted by atomic mass is 10.1. The van der Waals surface area contributed by atoms with Gasteiger partial charge in [-0.2, -0.15) is 0 Å². The van der Waals surface area contributed by atoms with Gasteiger partial charge in [0, 0.05) is 25.0 Å². The van der Waals surface area contributed by atoms with Gasteiger partial charge in [0.25, 0.3) is 0 Å². The molecule has 0 bridgehead atoms. The summed E-state index contributed by atoms with van der Waals surface area (Å²) in [5.74, 6) is 0.976. The first-order valence-corrected chi connectivity index (χ1v) is 6.58. The fourth-order valence-electron chi connectivity index (χ4n) is 2.13. The van der Waals surface area contributed by atoms with Gasteiger partial charge in [-0.25, -0.2) is 4.98 Å². The molecule has 0 spiro atoms. The van der Waals surface area contributed by atoms with E-state index in [0.717, 1.165) is 17.9 Å². The second kappa shape index (κ2) is 5.85. The van der Waals surface area contributed by atoms with Crippen molar-refractivity contribution in [1.82, 2.24) is 4.98 Å². The van der Waals surface area contributed by atoms with Gasteiger partial charge in [0.2, 0.25) is 0 Å². The fraction of sp³-hybridized carbons (Fsp3) is 0.312. The zero-order valence-electron chi connectivity index (χ0n) is 11.8. The molecule has 1 aromatic heterocycles. The van der Waals surface area contributed by atoms with Crippen molar-refractivity contribution in [3.63, 3.8) is 0 Å². The SMILES string of the molecule is Cc1ccc(N(C)c2ncccc2CC(C)N)cc1. The topological polar surface area (TPSA) is 42.2 Å². The normalized spacial score (nSPS) is 12.2. The van der Waals surface area contributed by atoms with Crippen LogP contribution >= 0.6 is 0 Å². The number of aromatic nitrogens is 1. The van der Waals surface area contributed by atoms with E-state index in [4.69, 9.17) is 5.73 Å². The third-order valence-corrected chi connectivity index (χ3v) is 3.15. The Hall–Kier alpha value is -1.87. The molecule has 0 aliphatic heterocycles. The van der Waals surface area contributed by atoms with Crippen molar-refractivity contribution in [3.05, 3.63) is 53.7 Å². The quantitative estimate of drug-likeness (QED) is 0.913. The molecule has 100 valence electrons. The zero-order valence-corrected chi connectivity index (χ0v) is 11.8. The molecule has 0 aliphatic rings. The molecule has 3 heteroatoms. The summed E-state index contributed by atoms with van der Waals surface area (Å²) in [5, 5.41) is 0. The highest BCUT2D eigenvalue weighted by Crippen LogP contribution is 2.25. The van der Waals surface area contributed by atoms with E-state index in [0.29, 0.717) is 0 Å². The van der Waals surface area contributed by atoms with Gasteiger partial charge in [0.15, 0.2) is 0 Å². The average Bonchev–Trinajstić information content (AvgIpc) is 2.39. The van der Waals surface area contributed by atoms with Crippen LogP contribution < -0.4 is 10.6 Å². The maximum Gasteiger partial charge on any atom is 0.135 e. The van der Waals surface area contributed by atoms with E-state index in [1.807, 2.05) is 26.2 Å². The number of pyridine rings is 1. The summed E-state index contributed by atoms with van der Waals surface area (Å²) in [6.45, 7) is 4.11. The summed E-state index contributed by atoms with van der Waals surface area (Å²) in [4.78, 5) is 6.61. The van der Waals surface area contributed by atoms with Gasteiger partial charge in [0.05, 0.1) is 0 Å². The Kier molecular flexibility index (Phi) is 4.17. The van der Waals surface area contributed by atoms with Gasteiger partial charge in [-0.15, -0.1) is 0 Å². The summed E-state index contributed by atoms with van der Waals surface area (Å²) in [6.07, 6.45) is 2.66. The maximum absolute atomic E-state index is 5.91. The van der Waals surface area contributed by atoms with E-state index in [1.54, 1.807) is 0 Å². The van der Waals surface area contributed by atoms with Gasteiger partial charge < -0.3 is 10.6 Å². The molecule has 0 saturated carbocycles. The number of rotatable bonds is 4. The smallest absolute Gasteiger partial charge is 0.135 e. The summed E-state index contributed by atoms with van der Waals surface area (Å²) in [5.41, 5.74) is 9.48. The monoisotopic (exact) mass is 255 g/mol. The standard InChI is InChI=1S/C16H21N3/c1-12-6-8-15(9-7-12)19(3)16-14(11-13(2)17)5-4-10-18-16/h4-10,13H,11,17H2,1-3H3. The van der Waals surface area contributed by atoms with Crippen molar-refractivity contribution in [2.75, 3.05) is 11.9 Å². The largest absolute Gasteiger partial charge is 0.329 e.